The van der Waals surface area contributed by atoms with E-state index in [1.54, 1.807) is 0 Å². The van der Waals surface area contributed by atoms with E-state index in [4.69, 9.17) is 0 Å². The topological polar surface area (TPSA) is 32.3 Å². The summed E-state index contributed by atoms with van der Waals surface area (Å²) >= 11 is 3.53. The maximum atomic E-state index is 12.8. The van der Waals surface area contributed by atoms with Gasteiger partial charge in [-0.1, -0.05) is 28.1 Å². The monoisotopic (exact) mass is 336 g/mol. The maximum absolute atomic E-state index is 12.8. The standard InChI is InChI=1S/C16H21BrN2O/c17-14-4-1-3-13(11-14)15-5-2-10-19(15)16(20)12-6-8-18-9-7-12/h1,3-4,11-12,15,18H,2,5-10H2. The zero-order valence-corrected chi connectivity index (χ0v) is 13.2. The zero-order chi connectivity index (χ0) is 13.9. The first-order valence-corrected chi connectivity index (χ1v) is 8.31. The Hall–Kier alpha value is -0.870. The molecule has 0 aliphatic carbocycles. The van der Waals surface area contributed by atoms with Crippen molar-refractivity contribution < 1.29 is 4.79 Å². The number of nitrogens with one attached hydrogen (secondary N) is 1. The Morgan fingerprint density at radius 1 is 1.25 bits per heavy atom. The lowest BCUT2D eigenvalue weighted by molar-refractivity contribution is -0.137. The summed E-state index contributed by atoms with van der Waals surface area (Å²) in [5.74, 6) is 0.595. The van der Waals surface area contributed by atoms with Crippen LogP contribution < -0.4 is 5.32 Å². The van der Waals surface area contributed by atoms with Crippen molar-refractivity contribution in [1.82, 2.24) is 10.2 Å². The Morgan fingerprint density at radius 2 is 2.05 bits per heavy atom. The summed E-state index contributed by atoms with van der Waals surface area (Å²) < 4.78 is 1.09. The van der Waals surface area contributed by atoms with Crippen LogP contribution in [0.1, 0.15) is 37.3 Å². The maximum Gasteiger partial charge on any atom is 0.226 e. The molecule has 2 saturated heterocycles. The Balaban J connectivity index is 1.76. The van der Waals surface area contributed by atoms with Crippen molar-refractivity contribution in [2.45, 2.75) is 31.7 Å². The number of nitrogens with zero attached hydrogens (tertiary/aromatic N) is 1. The molecule has 0 saturated carbocycles. The van der Waals surface area contributed by atoms with Crippen LogP contribution in [0.4, 0.5) is 0 Å². The lowest BCUT2D eigenvalue weighted by atomic mass is 9.95. The second kappa shape index (κ2) is 6.27. The summed E-state index contributed by atoms with van der Waals surface area (Å²) in [7, 11) is 0. The van der Waals surface area contributed by atoms with Crippen LogP contribution in [-0.4, -0.2) is 30.4 Å². The van der Waals surface area contributed by atoms with Gasteiger partial charge in [0.05, 0.1) is 6.04 Å². The molecule has 2 heterocycles. The van der Waals surface area contributed by atoms with Crippen molar-refractivity contribution in [2.24, 2.45) is 5.92 Å². The molecule has 2 fully saturated rings. The van der Waals surface area contributed by atoms with Gasteiger partial charge in [0.15, 0.2) is 0 Å². The van der Waals surface area contributed by atoms with Crippen LogP contribution in [0, 0.1) is 5.92 Å². The van der Waals surface area contributed by atoms with Crippen LogP contribution in [0.5, 0.6) is 0 Å². The van der Waals surface area contributed by atoms with Gasteiger partial charge >= 0.3 is 0 Å². The van der Waals surface area contributed by atoms with Gasteiger partial charge in [0, 0.05) is 16.9 Å². The van der Waals surface area contributed by atoms with E-state index in [2.05, 4.69) is 44.3 Å². The van der Waals surface area contributed by atoms with E-state index in [1.165, 1.54) is 5.56 Å². The summed E-state index contributed by atoms with van der Waals surface area (Å²) in [5, 5.41) is 3.33. The summed E-state index contributed by atoms with van der Waals surface area (Å²) in [5.41, 5.74) is 1.26. The molecule has 1 N–H and O–H groups in total. The van der Waals surface area contributed by atoms with Gasteiger partial charge < -0.3 is 10.2 Å². The predicted octanol–water partition coefficient (Wildman–Crippen LogP) is 3.11. The van der Waals surface area contributed by atoms with Crippen molar-refractivity contribution in [3.8, 4) is 0 Å². The van der Waals surface area contributed by atoms with Gasteiger partial charge in [-0.2, -0.15) is 0 Å². The molecule has 2 aliphatic rings. The van der Waals surface area contributed by atoms with Crippen molar-refractivity contribution in [3.63, 3.8) is 0 Å². The Bertz CT molecular complexity index is 485. The second-order valence-corrected chi connectivity index (χ2v) is 6.68. The third kappa shape index (κ3) is 2.91. The summed E-state index contributed by atoms with van der Waals surface area (Å²) in [6.45, 7) is 2.87. The molecule has 3 rings (SSSR count). The van der Waals surface area contributed by atoms with Crippen molar-refractivity contribution in [1.29, 1.82) is 0 Å². The average molecular weight is 337 g/mol. The fourth-order valence-electron chi connectivity index (χ4n) is 3.39. The van der Waals surface area contributed by atoms with Gasteiger partial charge in [-0.15, -0.1) is 0 Å². The zero-order valence-electron chi connectivity index (χ0n) is 11.6. The molecule has 20 heavy (non-hydrogen) atoms. The van der Waals surface area contributed by atoms with Gasteiger partial charge in [0.25, 0.3) is 0 Å². The first-order chi connectivity index (χ1) is 9.75. The smallest absolute Gasteiger partial charge is 0.226 e. The van der Waals surface area contributed by atoms with Crippen molar-refractivity contribution in [3.05, 3.63) is 34.3 Å². The molecule has 108 valence electrons. The number of benzene rings is 1. The quantitative estimate of drug-likeness (QED) is 0.899. The minimum atomic E-state index is 0.226. The van der Waals surface area contributed by atoms with Crippen molar-refractivity contribution >= 4 is 21.8 Å². The van der Waals surface area contributed by atoms with Gasteiger partial charge in [0.1, 0.15) is 0 Å². The summed E-state index contributed by atoms with van der Waals surface area (Å²) in [4.78, 5) is 14.9. The van der Waals surface area contributed by atoms with Crippen LogP contribution in [0.2, 0.25) is 0 Å². The molecule has 0 radical (unpaired) electrons. The number of piperidine rings is 1. The predicted molar refractivity (Wildman–Crippen MR) is 83.4 cm³/mol. The third-order valence-corrected chi connectivity index (χ3v) is 4.95. The number of carbonyl (C=O) groups excluding carboxylic acids is 1. The van der Waals surface area contributed by atoms with E-state index < -0.39 is 0 Å². The number of hydrogen-bond donors (Lipinski definition) is 1. The number of rotatable bonds is 2. The third-order valence-electron chi connectivity index (χ3n) is 4.46. The van der Waals surface area contributed by atoms with Gasteiger partial charge in [0.2, 0.25) is 5.91 Å². The molecule has 0 aromatic heterocycles. The van der Waals surface area contributed by atoms with E-state index >= 15 is 0 Å². The highest BCUT2D eigenvalue weighted by molar-refractivity contribution is 9.10. The average Bonchev–Trinajstić information content (AvgIpc) is 2.97. The Kier molecular flexibility index (Phi) is 4.41. The van der Waals surface area contributed by atoms with Crippen LogP contribution in [0.15, 0.2) is 28.7 Å². The molecule has 2 aliphatic heterocycles. The molecule has 1 atom stereocenters. The SMILES string of the molecule is O=C(C1CCNCC1)N1CCCC1c1cccc(Br)c1. The van der Waals surface area contributed by atoms with Gasteiger partial charge in [-0.05, 0) is 56.5 Å². The highest BCUT2D eigenvalue weighted by atomic mass is 79.9. The summed E-state index contributed by atoms with van der Waals surface area (Å²) in [6, 6.07) is 8.67. The van der Waals surface area contributed by atoms with Crippen LogP contribution in [0.3, 0.4) is 0 Å². The molecule has 1 aromatic rings. The molecule has 3 nitrogen and oxygen atoms in total. The molecule has 1 unspecified atom stereocenters. The first kappa shape index (κ1) is 14.1. The molecule has 1 amide bonds. The minimum Gasteiger partial charge on any atom is -0.335 e. The molecular formula is C16H21BrN2O. The van der Waals surface area contributed by atoms with Crippen LogP contribution in [0.25, 0.3) is 0 Å². The first-order valence-electron chi connectivity index (χ1n) is 7.52. The second-order valence-electron chi connectivity index (χ2n) is 5.77. The van der Waals surface area contributed by atoms with E-state index in [0.717, 1.165) is 49.8 Å². The largest absolute Gasteiger partial charge is 0.335 e. The number of hydrogen-bond acceptors (Lipinski definition) is 2. The highest BCUT2D eigenvalue weighted by Crippen LogP contribution is 2.35. The number of carbonyl (C=O) groups is 1. The normalized spacial score (nSPS) is 24.1. The van der Waals surface area contributed by atoms with E-state index in [-0.39, 0.29) is 12.0 Å². The highest BCUT2D eigenvalue weighted by Gasteiger charge is 2.34. The minimum absolute atomic E-state index is 0.226. The summed E-state index contributed by atoms with van der Waals surface area (Å²) in [6.07, 6.45) is 4.18. The Labute approximate surface area is 128 Å². The molecule has 4 heteroatoms. The lowest BCUT2D eigenvalue weighted by Crippen LogP contribution is -2.40. The van der Waals surface area contributed by atoms with Gasteiger partial charge in [-0.25, -0.2) is 0 Å². The van der Waals surface area contributed by atoms with Crippen LogP contribution in [-0.2, 0) is 4.79 Å². The fourth-order valence-corrected chi connectivity index (χ4v) is 3.81. The molecule has 0 spiro atoms. The molecular weight excluding hydrogens is 316 g/mol. The molecule has 1 aromatic carbocycles. The number of amides is 1. The number of likely N-dealkylation sites (tertiary alicyclic amines) is 1. The molecule has 0 bridgehead atoms. The Morgan fingerprint density at radius 3 is 2.80 bits per heavy atom. The van der Waals surface area contributed by atoms with E-state index in [0.29, 0.717) is 5.91 Å². The fraction of sp³-hybridized carbons (Fsp3) is 0.562. The van der Waals surface area contributed by atoms with E-state index in [9.17, 15) is 4.79 Å². The van der Waals surface area contributed by atoms with Crippen molar-refractivity contribution in [2.75, 3.05) is 19.6 Å². The van der Waals surface area contributed by atoms with E-state index in [1.807, 2.05) is 6.07 Å². The van der Waals surface area contributed by atoms with Crippen LogP contribution >= 0.6 is 15.9 Å². The number of halogens is 1. The lowest BCUT2D eigenvalue weighted by Gasteiger charge is -2.31. The van der Waals surface area contributed by atoms with Gasteiger partial charge in [-0.3, -0.25) is 4.79 Å².